The van der Waals surface area contributed by atoms with Gasteiger partial charge in [-0.2, -0.15) is 10.2 Å². The number of hydrogen-bond donors (Lipinski definition) is 0. The molecule has 0 atom stereocenters. The molecule has 3 aromatic rings. The molecule has 0 bridgehead atoms. The van der Waals surface area contributed by atoms with E-state index in [1.165, 1.54) is 6.08 Å². The van der Waals surface area contributed by atoms with Crippen molar-refractivity contribution >= 4 is 35.4 Å². The van der Waals surface area contributed by atoms with Crippen LogP contribution in [0.1, 0.15) is 29.8 Å². The lowest BCUT2D eigenvalue weighted by atomic mass is 10.2. The third-order valence-corrected chi connectivity index (χ3v) is 4.92. The molecule has 0 saturated heterocycles. The zero-order chi connectivity index (χ0) is 28.0. The van der Waals surface area contributed by atoms with Gasteiger partial charge in [-0.15, -0.1) is 0 Å². The Morgan fingerprint density at radius 1 is 0.846 bits per heavy atom. The van der Waals surface area contributed by atoms with Crippen LogP contribution in [0, 0.1) is 0 Å². The molecule has 3 rings (SSSR count). The summed E-state index contributed by atoms with van der Waals surface area (Å²) in [5.74, 6) is -0.538. The minimum absolute atomic E-state index is 0.0892. The monoisotopic (exact) mass is 528 g/mol. The van der Waals surface area contributed by atoms with Crippen LogP contribution in [0.3, 0.4) is 0 Å². The number of carbonyl (C=O) groups is 3. The van der Waals surface area contributed by atoms with Crippen LogP contribution in [0.25, 0.3) is 6.08 Å². The Labute approximate surface area is 226 Å². The van der Waals surface area contributed by atoms with Gasteiger partial charge in [0.1, 0.15) is 24.7 Å². The van der Waals surface area contributed by atoms with Crippen molar-refractivity contribution in [3.63, 3.8) is 0 Å². The van der Waals surface area contributed by atoms with Crippen molar-refractivity contribution in [1.29, 1.82) is 0 Å². The van der Waals surface area contributed by atoms with Crippen LogP contribution in [0.5, 0.6) is 11.5 Å². The van der Waals surface area contributed by atoms with Gasteiger partial charge in [0, 0.05) is 11.6 Å². The molecular weight excluding hydrogens is 500 g/mol. The summed E-state index contributed by atoms with van der Waals surface area (Å²) in [7, 11) is 0. The molecule has 0 spiro atoms. The van der Waals surface area contributed by atoms with Crippen LogP contribution in [-0.4, -0.2) is 37.7 Å². The van der Waals surface area contributed by atoms with Gasteiger partial charge in [-0.05, 0) is 86.2 Å². The van der Waals surface area contributed by atoms with Gasteiger partial charge in [0.25, 0.3) is 0 Å². The quantitative estimate of drug-likeness (QED) is 0.0879. The average Bonchev–Trinajstić information content (AvgIpc) is 2.94. The van der Waals surface area contributed by atoms with Gasteiger partial charge in [0.2, 0.25) is 0 Å². The average molecular weight is 529 g/mol. The summed E-state index contributed by atoms with van der Waals surface area (Å²) in [6.07, 6.45) is 3.00. The number of esters is 3. The van der Waals surface area contributed by atoms with Crippen molar-refractivity contribution in [3.05, 3.63) is 102 Å². The fourth-order valence-electron chi connectivity index (χ4n) is 3.01. The Kier molecular flexibility index (Phi) is 10.7. The number of azo groups is 1. The maximum absolute atomic E-state index is 12.5. The van der Waals surface area contributed by atoms with Crippen molar-refractivity contribution in [2.45, 2.75) is 13.8 Å². The third kappa shape index (κ3) is 9.73. The molecule has 0 fully saturated rings. The van der Waals surface area contributed by atoms with Crippen LogP contribution in [-0.2, 0) is 19.1 Å². The Morgan fingerprint density at radius 3 is 2.23 bits per heavy atom. The van der Waals surface area contributed by atoms with Crippen molar-refractivity contribution in [2.75, 3.05) is 19.8 Å². The van der Waals surface area contributed by atoms with E-state index < -0.39 is 17.9 Å². The smallest absolute Gasteiger partial charge is 0.343 e. The molecule has 0 aliphatic rings. The number of rotatable bonds is 12. The molecular formula is C30H28N2O7. The van der Waals surface area contributed by atoms with Crippen LogP contribution >= 0.6 is 0 Å². The minimum Gasteiger partial charge on any atom is -0.490 e. The number of ether oxygens (including phenoxy) is 4. The standard InChI is InChI=1S/C30H28N2O7/c1-4-36-28(33)17-8-22-6-5-7-25(20-22)32-31-24-11-15-27(16-12-24)39-30(35)23-9-13-26(14-10-23)37-18-19-38-29(34)21(2)3/h5-17,20H,2,4,18-19H2,1,3H3/b17-8+,32-31?. The lowest BCUT2D eigenvalue weighted by Gasteiger charge is -2.08. The molecule has 0 heterocycles. The first-order valence-electron chi connectivity index (χ1n) is 12.1. The molecule has 200 valence electrons. The van der Waals surface area contributed by atoms with Gasteiger partial charge in [0.05, 0.1) is 23.5 Å². The first-order chi connectivity index (χ1) is 18.8. The third-order valence-electron chi connectivity index (χ3n) is 4.92. The van der Waals surface area contributed by atoms with Gasteiger partial charge >= 0.3 is 17.9 Å². The van der Waals surface area contributed by atoms with E-state index in [1.807, 2.05) is 12.1 Å². The Balaban J connectivity index is 1.50. The van der Waals surface area contributed by atoms with Crippen molar-refractivity contribution in [3.8, 4) is 11.5 Å². The maximum atomic E-state index is 12.5. The van der Waals surface area contributed by atoms with Gasteiger partial charge < -0.3 is 18.9 Å². The Morgan fingerprint density at radius 2 is 1.54 bits per heavy atom. The summed E-state index contributed by atoms with van der Waals surface area (Å²) < 4.78 is 20.7. The van der Waals surface area contributed by atoms with Crippen molar-refractivity contribution in [2.24, 2.45) is 10.2 Å². The van der Waals surface area contributed by atoms with Crippen LogP contribution < -0.4 is 9.47 Å². The van der Waals surface area contributed by atoms with Crippen molar-refractivity contribution < 1.29 is 33.3 Å². The lowest BCUT2D eigenvalue weighted by molar-refractivity contribution is -0.139. The van der Waals surface area contributed by atoms with E-state index in [1.54, 1.807) is 80.6 Å². The molecule has 0 N–H and O–H groups in total. The minimum atomic E-state index is -0.529. The summed E-state index contributed by atoms with van der Waals surface area (Å²) >= 11 is 0. The number of carbonyl (C=O) groups excluding carboxylic acids is 3. The van der Waals surface area contributed by atoms with Gasteiger partial charge in [0.15, 0.2) is 0 Å². The Hall–Kier alpha value is -5.05. The first kappa shape index (κ1) is 28.5. The molecule has 0 unspecified atom stereocenters. The second-order valence-electron chi connectivity index (χ2n) is 8.05. The van der Waals surface area contributed by atoms with Crippen LogP contribution in [0.2, 0.25) is 0 Å². The molecule has 9 nitrogen and oxygen atoms in total. The van der Waals surface area contributed by atoms with Crippen molar-refractivity contribution in [1.82, 2.24) is 0 Å². The number of hydrogen-bond acceptors (Lipinski definition) is 9. The summed E-state index contributed by atoms with van der Waals surface area (Å²) in [4.78, 5) is 35.3. The van der Waals surface area contributed by atoms with E-state index in [0.717, 1.165) is 5.56 Å². The van der Waals surface area contributed by atoms with E-state index in [2.05, 4.69) is 16.8 Å². The highest BCUT2D eigenvalue weighted by atomic mass is 16.6. The maximum Gasteiger partial charge on any atom is 0.343 e. The van der Waals surface area contributed by atoms with E-state index in [-0.39, 0.29) is 13.2 Å². The fraction of sp³-hybridized carbons (Fsp3) is 0.167. The molecule has 39 heavy (non-hydrogen) atoms. The zero-order valence-corrected chi connectivity index (χ0v) is 21.7. The number of benzene rings is 3. The zero-order valence-electron chi connectivity index (χ0n) is 21.7. The van der Waals surface area contributed by atoms with E-state index >= 15 is 0 Å². The summed E-state index contributed by atoms with van der Waals surface area (Å²) in [6, 6.07) is 20.2. The highest BCUT2D eigenvalue weighted by Crippen LogP contribution is 2.23. The highest BCUT2D eigenvalue weighted by molar-refractivity contribution is 5.91. The van der Waals surface area contributed by atoms with Gasteiger partial charge in [-0.25, -0.2) is 14.4 Å². The van der Waals surface area contributed by atoms with E-state index in [9.17, 15) is 14.4 Å². The summed E-state index contributed by atoms with van der Waals surface area (Å²) in [6.45, 7) is 7.40. The fourth-order valence-corrected chi connectivity index (χ4v) is 3.01. The summed E-state index contributed by atoms with van der Waals surface area (Å²) in [5, 5.41) is 8.42. The molecule has 0 aliphatic heterocycles. The second kappa shape index (κ2) is 14.6. The molecule has 0 aromatic heterocycles. The van der Waals surface area contributed by atoms with E-state index in [0.29, 0.717) is 40.6 Å². The number of nitrogens with zero attached hydrogens (tertiary/aromatic N) is 2. The van der Waals surface area contributed by atoms with Crippen LogP contribution in [0.15, 0.2) is 101 Å². The topological polar surface area (TPSA) is 113 Å². The highest BCUT2D eigenvalue weighted by Gasteiger charge is 2.09. The Bertz CT molecular complexity index is 1360. The molecule has 9 heteroatoms. The SMILES string of the molecule is C=C(C)C(=O)OCCOc1ccc(C(=O)Oc2ccc(N=Nc3cccc(/C=C/C(=O)OCC)c3)cc2)cc1. The van der Waals surface area contributed by atoms with Gasteiger partial charge in [-0.1, -0.05) is 18.7 Å². The predicted octanol–water partition coefficient (Wildman–Crippen LogP) is 6.40. The molecule has 0 aliphatic carbocycles. The normalized spacial score (nSPS) is 10.8. The molecule has 0 saturated carbocycles. The second-order valence-corrected chi connectivity index (χ2v) is 8.05. The summed E-state index contributed by atoms with van der Waals surface area (Å²) in [5.41, 5.74) is 2.62. The molecule has 0 radical (unpaired) electrons. The largest absolute Gasteiger partial charge is 0.490 e. The molecule has 0 amide bonds. The van der Waals surface area contributed by atoms with Gasteiger partial charge in [-0.3, -0.25) is 0 Å². The lowest BCUT2D eigenvalue weighted by Crippen LogP contribution is -2.12. The van der Waals surface area contributed by atoms with Crippen LogP contribution in [0.4, 0.5) is 11.4 Å². The predicted molar refractivity (Wildman–Crippen MR) is 145 cm³/mol. The molecule has 3 aromatic carbocycles. The van der Waals surface area contributed by atoms with E-state index in [4.69, 9.17) is 18.9 Å². The first-order valence-corrected chi connectivity index (χ1v) is 12.1.